The molecule has 0 spiro atoms. The Labute approximate surface area is 152 Å². The Morgan fingerprint density at radius 1 is 1.15 bits per heavy atom. The molecule has 3 aromatic rings. The number of nitrogens with zero attached hydrogens (tertiary/aromatic N) is 1. The minimum Gasteiger partial charge on any atom is -0.487 e. The molecule has 4 rings (SSSR count). The topological polar surface area (TPSA) is 88.4 Å². The Hall–Kier alpha value is -2.35. The molecule has 7 heteroatoms. The second-order valence-electron chi connectivity index (χ2n) is 6.40. The highest BCUT2D eigenvalue weighted by Crippen LogP contribution is 2.34. The largest absolute Gasteiger partial charge is 0.487 e. The van der Waals surface area contributed by atoms with Crippen LogP contribution in [0.1, 0.15) is 12.0 Å². The molecule has 1 aliphatic rings. The molecule has 2 aromatic carbocycles. The van der Waals surface area contributed by atoms with Gasteiger partial charge in [0, 0.05) is 30.7 Å². The molecule has 26 heavy (non-hydrogen) atoms. The molecule has 0 saturated carbocycles. The van der Waals surface area contributed by atoms with Crippen molar-refractivity contribution in [3.05, 3.63) is 60.3 Å². The van der Waals surface area contributed by atoms with E-state index in [0.717, 1.165) is 12.0 Å². The van der Waals surface area contributed by atoms with Crippen LogP contribution in [0, 0.1) is 0 Å². The Kier molecular flexibility index (Phi) is 4.44. The third kappa shape index (κ3) is 2.88. The van der Waals surface area contributed by atoms with Gasteiger partial charge >= 0.3 is 0 Å². The summed E-state index contributed by atoms with van der Waals surface area (Å²) in [6, 6.07) is 15.2. The van der Waals surface area contributed by atoms with Crippen molar-refractivity contribution in [1.82, 2.24) is 9.29 Å². The van der Waals surface area contributed by atoms with Gasteiger partial charge in [-0.15, -0.1) is 0 Å². The van der Waals surface area contributed by atoms with Crippen LogP contribution in [0.15, 0.2) is 59.6 Å². The van der Waals surface area contributed by atoms with Crippen LogP contribution in [0.4, 0.5) is 0 Å². The van der Waals surface area contributed by atoms with Gasteiger partial charge in [-0.3, -0.25) is 0 Å². The fourth-order valence-electron chi connectivity index (χ4n) is 3.27. The van der Waals surface area contributed by atoms with E-state index in [4.69, 9.17) is 10.5 Å². The minimum absolute atomic E-state index is 0.109. The number of aromatic amines is 1. The Morgan fingerprint density at radius 3 is 2.65 bits per heavy atom. The van der Waals surface area contributed by atoms with E-state index in [1.54, 1.807) is 12.3 Å². The molecule has 0 amide bonds. The maximum Gasteiger partial charge on any atom is 0.245 e. The van der Waals surface area contributed by atoms with Gasteiger partial charge in [-0.2, -0.15) is 4.31 Å². The summed E-state index contributed by atoms with van der Waals surface area (Å²) in [7, 11) is -3.56. The molecule has 1 fully saturated rings. The van der Waals surface area contributed by atoms with E-state index < -0.39 is 10.0 Å². The molecule has 2 heterocycles. The highest BCUT2D eigenvalue weighted by molar-refractivity contribution is 7.89. The van der Waals surface area contributed by atoms with Crippen LogP contribution >= 0.6 is 0 Å². The number of hydrogen-bond acceptors (Lipinski definition) is 4. The molecule has 0 radical (unpaired) electrons. The van der Waals surface area contributed by atoms with Crippen LogP contribution < -0.4 is 10.5 Å². The number of rotatable bonds is 6. The first kappa shape index (κ1) is 17.1. The summed E-state index contributed by atoms with van der Waals surface area (Å²) in [5.41, 5.74) is 7.41. The maximum atomic E-state index is 13.0. The van der Waals surface area contributed by atoms with E-state index in [1.807, 2.05) is 42.5 Å². The molecule has 3 N–H and O–H groups in total. The molecule has 1 saturated heterocycles. The molecule has 6 nitrogen and oxygen atoms in total. The number of nitrogens with two attached hydrogens (primary N) is 1. The minimum atomic E-state index is -3.56. The van der Waals surface area contributed by atoms with Crippen molar-refractivity contribution in [2.75, 3.05) is 13.1 Å². The average Bonchev–Trinajstić information content (AvgIpc) is 3.05. The van der Waals surface area contributed by atoms with Gasteiger partial charge in [0.25, 0.3) is 0 Å². The van der Waals surface area contributed by atoms with Crippen molar-refractivity contribution in [1.29, 1.82) is 0 Å². The summed E-state index contributed by atoms with van der Waals surface area (Å²) >= 11 is 0. The van der Waals surface area contributed by atoms with Gasteiger partial charge in [-0.25, -0.2) is 8.42 Å². The summed E-state index contributed by atoms with van der Waals surface area (Å²) in [4.78, 5) is 3.35. The lowest BCUT2D eigenvalue weighted by Gasteiger charge is -2.38. The second-order valence-corrected chi connectivity index (χ2v) is 8.26. The first-order chi connectivity index (χ1) is 12.6. The number of fused-ring (bicyclic) bond motifs is 1. The van der Waals surface area contributed by atoms with Crippen LogP contribution in [0.5, 0.6) is 5.75 Å². The number of H-pyrrole nitrogens is 1. The van der Waals surface area contributed by atoms with E-state index in [9.17, 15) is 8.42 Å². The van der Waals surface area contributed by atoms with Crippen molar-refractivity contribution >= 4 is 20.9 Å². The van der Waals surface area contributed by atoms with Gasteiger partial charge in [0.2, 0.25) is 10.0 Å². The van der Waals surface area contributed by atoms with E-state index in [1.165, 1.54) is 4.31 Å². The number of para-hydroxylation sites is 1. The van der Waals surface area contributed by atoms with Gasteiger partial charge < -0.3 is 15.5 Å². The molecule has 0 bridgehead atoms. The molecular weight excluding hydrogens is 350 g/mol. The summed E-state index contributed by atoms with van der Waals surface area (Å²) in [6.45, 7) is 1.27. The van der Waals surface area contributed by atoms with Gasteiger partial charge in [-0.1, -0.05) is 42.5 Å². The lowest BCUT2D eigenvalue weighted by Crippen LogP contribution is -2.54. The normalized spacial score (nSPS) is 18.0. The number of benzene rings is 2. The van der Waals surface area contributed by atoms with Crippen LogP contribution in [0.2, 0.25) is 0 Å². The van der Waals surface area contributed by atoms with Crippen molar-refractivity contribution in [2.45, 2.75) is 24.0 Å². The summed E-state index contributed by atoms with van der Waals surface area (Å²) in [6.07, 6.45) is 2.35. The number of aromatic nitrogens is 1. The summed E-state index contributed by atoms with van der Waals surface area (Å²) < 4.78 is 33.3. The van der Waals surface area contributed by atoms with E-state index in [-0.39, 0.29) is 10.9 Å². The van der Waals surface area contributed by atoms with E-state index in [2.05, 4.69) is 4.98 Å². The van der Waals surface area contributed by atoms with Crippen LogP contribution in [-0.4, -0.2) is 36.8 Å². The molecule has 136 valence electrons. The molecule has 0 aliphatic carbocycles. The lowest BCUT2D eigenvalue weighted by molar-refractivity contribution is 0.206. The number of sulfonamides is 1. The van der Waals surface area contributed by atoms with Gasteiger partial charge in [0.05, 0.1) is 5.52 Å². The smallest absolute Gasteiger partial charge is 0.245 e. The van der Waals surface area contributed by atoms with E-state index in [0.29, 0.717) is 36.3 Å². The fraction of sp³-hybridized carbons (Fsp3) is 0.263. The molecule has 1 aromatic heterocycles. The van der Waals surface area contributed by atoms with E-state index >= 15 is 0 Å². The predicted octanol–water partition coefficient (Wildman–Crippen LogP) is 2.47. The fourth-order valence-corrected chi connectivity index (χ4v) is 5.10. The first-order valence-corrected chi connectivity index (χ1v) is 10.0. The van der Waals surface area contributed by atoms with Gasteiger partial charge in [-0.05, 0) is 18.1 Å². The Morgan fingerprint density at radius 2 is 1.96 bits per heavy atom. The third-order valence-corrected chi connectivity index (χ3v) is 6.82. The van der Waals surface area contributed by atoms with Crippen molar-refractivity contribution < 1.29 is 13.2 Å². The zero-order valence-electron chi connectivity index (χ0n) is 14.3. The van der Waals surface area contributed by atoms with Gasteiger partial charge in [0.1, 0.15) is 17.3 Å². The second kappa shape index (κ2) is 6.75. The van der Waals surface area contributed by atoms with Crippen LogP contribution in [0.25, 0.3) is 10.9 Å². The van der Waals surface area contributed by atoms with Crippen LogP contribution in [-0.2, 0) is 16.6 Å². The lowest BCUT2D eigenvalue weighted by atomic mass is 10.1. The van der Waals surface area contributed by atoms with Crippen molar-refractivity contribution in [3.8, 4) is 5.75 Å². The standard InChI is InChI=1S/C19H21N3O3S/c20-11-15-9-10-22(15)26(23,24)18-12-21-19-16(18)7-4-8-17(19)25-13-14-5-2-1-3-6-14/h1-8,12,15,21H,9-11,13,20H2. The SMILES string of the molecule is NCC1CCN1S(=O)(=O)c1c[nH]c2c(OCc3ccccc3)cccc12. The zero-order chi connectivity index (χ0) is 18.1. The highest BCUT2D eigenvalue weighted by atomic mass is 32.2. The summed E-state index contributed by atoms with van der Waals surface area (Å²) in [5.74, 6) is 0.631. The predicted molar refractivity (Wildman–Crippen MR) is 100 cm³/mol. The highest BCUT2D eigenvalue weighted by Gasteiger charge is 2.38. The Balaban J connectivity index is 1.65. The molecule has 1 unspecified atom stereocenters. The zero-order valence-corrected chi connectivity index (χ0v) is 15.1. The van der Waals surface area contributed by atoms with Crippen molar-refractivity contribution in [2.24, 2.45) is 5.73 Å². The van der Waals surface area contributed by atoms with Gasteiger partial charge in [0.15, 0.2) is 0 Å². The molecule has 1 atom stereocenters. The Bertz CT molecular complexity index is 1010. The number of hydrogen-bond donors (Lipinski definition) is 2. The molecule has 1 aliphatic heterocycles. The summed E-state index contributed by atoms with van der Waals surface area (Å²) in [5, 5.41) is 0.637. The third-order valence-electron chi connectivity index (χ3n) is 4.83. The maximum absolute atomic E-state index is 13.0. The quantitative estimate of drug-likeness (QED) is 0.697. The number of nitrogens with one attached hydrogen (secondary N) is 1. The number of ether oxygens (including phenoxy) is 1. The monoisotopic (exact) mass is 371 g/mol. The first-order valence-electron chi connectivity index (χ1n) is 8.60. The van der Waals surface area contributed by atoms with Crippen molar-refractivity contribution in [3.63, 3.8) is 0 Å². The molecular formula is C19H21N3O3S. The van der Waals surface area contributed by atoms with Crippen LogP contribution in [0.3, 0.4) is 0 Å². The average molecular weight is 371 g/mol.